The molecular formula is C20H27N5O2. The Morgan fingerprint density at radius 2 is 2.11 bits per heavy atom. The van der Waals surface area contributed by atoms with Crippen molar-refractivity contribution in [1.29, 1.82) is 0 Å². The van der Waals surface area contributed by atoms with Crippen molar-refractivity contribution in [3.05, 3.63) is 30.4 Å². The van der Waals surface area contributed by atoms with Gasteiger partial charge in [0.1, 0.15) is 0 Å². The highest BCUT2D eigenvalue weighted by atomic mass is 16.5. The van der Waals surface area contributed by atoms with Gasteiger partial charge in [0.25, 0.3) is 5.89 Å². The number of nitrogens with one attached hydrogen (secondary N) is 1. The molecule has 1 atom stereocenters. The summed E-state index contributed by atoms with van der Waals surface area (Å²) in [5, 5.41) is 7.33. The van der Waals surface area contributed by atoms with Gasteiger partial charge in [-0.15, -0.1) is 0 Å². The van der Waals surface area contributed by atoms with E-state index in [4.69, 9.17) is 4.52 Å². The maximum atomic E-state index is 12.7. The van der Waals surface area contributed by atoms with Gasteiger partial charge in [0, 0.05) is 37.4 Å². The third kappa shape index (κ3) is 4.46. The second kappa shape index (κ2) is 8.50. The van der Waals surface area contributed by atoms with Crippen molar-refractivity contribution >= 4 is 6.03 Å². The summed E-state index contributed by atoms with van der Waals surface area (Å²) >= 11 is 0. The molecule has 1 unspecified atom stereocenters. The second-order valence-electron chi connectivity index (χ2n) is 7.57. The molecule has 3 heterocycles. The number of aromatic nitrogens is 3. The van der Waals surface area contributed by atoms with Crippen LogP contribution < -0.4 is 5.32 Å². The normalized spacial score (nSPS) is 20.7. The lowest BCUT2D eigenvalue weighted by Crippen LogP contribution is -2.47. The number of amides is 2. The largest absolute Gasteiger partial charge is 0.335 e. The number of aryl methyl sites for hydroxylation is 1. The number of hydrogen-bond donors (Lipinski definition) is 1. The molecule has 2 aromatic rings. The van der Waals surface area contributed by atoms with Gasteiger partial charge < -0.3 is 14.7 Å². The monoisotopic (exact) mass is 369 g/mol. The first-order valence-corrected chi connectivity index (χ1v) is 10.1. The van der Waals surface area contributed by atoms with Crippen LogP contribution in [0.5, 0.6) is 0 Å². The maximum absolute atomic E-state index is 12.7. The Hall–Kier alpha value is -2.44. The SMILES string of the molecule is O=C(NC1CCCCC1)N1CCCC1CCc1noc(-c2cccnc2)n1. The van der Waals surface area contributed by atoms with E-state index in [2.05, 4.69) is 20.4 Å². The van der Waals surface area contributed by atoms with Crippen molar-refractivity contribution < 1.29 is 9.32 Å². The van der Waals surface area contributed by atoms with E-state index in [1.54, 1.807) is 12.4 Å². The molecule has 4 rings (SSSR count). The van der Waals surface area contributed by atoms with Gasteiger partial charge in [0.2, 0.25) is 0 Å². The number of urea groups is 1. The fourth-order valence-corrected chi connectivity index (χ4v) is 4.17. The van der Waals surface area contributed by atoms with E-state index in [-0.39, 0.29) is 12.1 Å². The van der Waals surface area contributed by atoms with Gasteiger partial charge in [0.15, 0.2) is 5.82 Å². The van der Waals surface area contributed by atoms with Gasteiger partial charge in [-0.1, -0.05) is 24.4 Å². The average molecular weight is 369 g/mol. The average Bonchev–Trinajstić information content (AvgIpc) is 3.37. The quantitative estimate of drug-likeness (QED) is 0.871. The van der Waals surface area contributed by atoms with Gasteiger partial charge in [-0.2, -0.15) is 4.98 Å². The van der Waals surface area contributed by atoms with Crippen LogP contribution in [0.1, 0.15) is 57.2 Å². The molecule has 0 spiro atoms. The smallest absolute Gasteiger partial charge is 0.317 e. The molecule has 2 fully saturated rings. The van der Waals surface area contributed by atoms with Gasteiger partial charge in [0.05, 0.1) is 5.56 Å². The summed E-state index contributed by atoms with van der Waals surface area (Å²) in [4.78, 5) is 23.2. The van der Waals surface area contributed by atoms with Crippen LogP contribution >= 0.6 is 0 Å². The molecule has 27 heavy (non-hydrogen) atoms. The predicted octanol–water partition coefficient (Wildman–Crippen LogP) is 3.57. The Labute approximate surface area is 159 Å². The van der Waals surface area contributed by atoms with Crippen LogP contribution in [-0.2, 0) is 6.42 Å². The minimum Gasteiger partial charge on any atom is -0.335 e. The highest BCUT2D eigenvalue weighted by Crippen LogP contribution is 2.24. The van der Waals surface area contributed by atoms with Crippen molar-refractivity contribution in [3.63, 3.8) is 0 Å². The molecule has 2 amide bonds. The Morgan fingerprint density at radius 3 is 2.93 bits per heavy atom. The maximum Gasteiger partial charge on any atom is 0.317 e. The molecule has 2 aliphatic rings. The molecule has 1 N–H and O–H groups in total. The number of nitrogens with zero attached hydrogens (tertiary/aromatic N) is 4. The minimum atomic E-state index is 0.105. The lowest BCUT2D eigenvalue weighted by molar-refractivity contribution is 0.182. The van der Waals surface area contributed by atoms with Crippen LogP contribution in [0.2, 0.25) is 0 Å². The van der Waals surface area contributed by atoms with Crippen molar-refractivity contribution in [2.45, 2.75) is 69.9 Å². The van der Waals surface area contributed by atoms with Gasteiger partial charge in [-0.05, 0) is 44.2 Å². The zero-order chi connectivity index (χ0) is 18.5. The number of hydrogen-bond acceptors (Lipinski definition) is 5. The molecule has 0 radical (unpaired) electrons. The highest BCUT2D eigenvalue weighted by Gasteiger charge is 2.30. The van der Waals surface area contributed by atoms with Crippen LogP contribution in [0.25, 0.3) is 11.5 Å². The number of likely N-dealkylation sites (tertiary alicyclic amines) is 1. The topological polar surface area (TPSA) is 84.2 Å². The number of carbonyl (C=O) groups excluding carboxylic acids is 1. The van der Waals surface area contributed by atoms with Crippen LogP contribution in [0.3, 0.4) is 0 Å². The molecule has 1 aliphatic carbocycles. The molecule has 7 nitrogen and oxygen atoms in total. The van der Waals surface area contributed by atoms with Crippen molar-refractivity contribution in [1.82, 2.24) is 25.3 Å². The third-order valence-electron chi connectivity index (χ3n) is 5.65. The van der Waals surface area contributed by atoms with E-state index >= 15 is 0 Å². The fraction of sp³-hybridized carbons (Fsp3) is 0.600. The first kappa shape index (κ1) is 17.9. The van der Waals surface area contributed by atoms with Gasteiger partial charge in [-0.3, -0.25) is 4.98 Å². The van der Waals surface area contributed by atoms with Crippen molar-refractivity contribution in [2.75, 3.05) is 6.54 Å². The van der Waals surface area contributed by atoms with E-state index in [0.29, 0.717) is 24.2 Å². The third-order valence-corrected chi connectivity index (χ3v) is 5.65. The Kier molecular flexibility index (Phi) is 5.65. The minimum absolute atomic E-state index is 0.105. The van der Waals surface area contributed by atoms with Crippen LogP contribution in [0, 0.1) is 0 Å². The highest BCUT2D eigenvalue weighted by molar-refractivity contribution is 5.75. The molecular weight excluding hydrogens is 342 g/mol. The van der Waals surface area contributed by atoms with Crippen LogP contribution in [-0.4, -0.2) is 44.7 Å². The number of carbonyl (C=O) groups is 1. The molecule has 0 bridgehead atoms. The zero-order valence-electron chi connectivity index (χ0n) is 15.6. The summed E-state index contributed by atoms with van der Waals surface area (Å²) in [6.45, 7) is 0.844. The molecule has 144 valence electrons. The van der Waals surface area contributed by atoms with E-state index in [0.717, 1.165) is 44.2 Å². The Bertz CT molecular complexity index is 742. The van der Waals surface area contributed by atoms with Crippen LogP contribution in [0.4, 0.5) is 4.79 Å². The van der Waals surface area contributed by atoms with Crippen molar-refractivity contribution in [3.8, 4) is 11.5 Å². The first-order valence-electron chi connectivity index (χ1n) is 10.1. The molecule has 2 aromatic heterocycles. The summed E-state index contributed by atoms with van der Waals surface area (Å²) in [5.74, 6) is 1.19. The second-order valence-corrected chi connectivity index (χ2v) is 7.57. The summed E-state index contributed by atoms with van der Waals surface area (Å²) in [5.41, 5.74) is 0.825. The first-order chi connectivity index (χ1) is 13.3. The fourth-order valence-electron chi connectivity index (χ4n) is 4.17. The summed E-state index contributed by atoms with van der Waals surface area (Å²) in [6.07, 6.45) is 13.1. The van der Waals surface area contributed by atoms with E-state index in [1.807, 2.05) is 17.0 Å². The van der Waals surface area contributed by atoms with E-state index in [1.165, 1.54) is 19.3 Å². The Balaban J connectivity index is 1.31. The van der Waals surface area contributed by atoms with Gasteiger partial charge in [-0.25, -0.2) is 4.79 Å². The summed E-state index contributed by atoms with van der Waals surface area (Å²) in [6, 6.07) is 4.47. The molecule has 1 saturated carbocycles. The standard InChI is InChI=1S/C20H27N5O2/c26-20(22-16-7-2-1-3-8-16)25-13-5-9-17(25)10-11-18-23-19(27-24-18)15-6-4-12-21-14-15/h4,6,12,14,16-17H,1-3,5,7-11,13H2,(H,22,26). The molecule has 0 aromatic carbocycles. The van der Waals surface area contributed by atoms with E-state index in [9.17, 15) is 4.79 Å². The molecule has 7 heteroatoms. The predicted molar refractivity (Wildman–Crippen MR) is 101 cm³/mol. The lowest BCUT2D eigenvalue weighted by Gasteiger charge is -2.29. The Morgan fingerprint density at radius 1 is 1.22 bits per heavy atom. The number of rotatable bonds is 5. The van der Waals surface area contributed by atoms with Crippen molar-refractivity contribution in [2.24, 2.45) is 0 Å². The molecule has 1 saturated heterocycles. The lowest BCUT2D eigenvalue weighted by atomic mass is 9.96. The van der Waals surface area contributed by atoms with E-state index < -0.39 is 0 Å². The zero-order valence-corrected chi connectivity index (χ0v) is 15.6. The molecule has 1 aliphatic heterocycles. The van der Waals surface area contributed by atoms with Crippen LogP contribution in [0.15, 0.2) is 29.0 Å². The number of pyridine rings is 1. The van der Waals surface area contributed by atoms with Gasteiger partial charge >= 0.3 is 6.03 Å². The summed E-state index contributed by atoms with van der Waals surface area (Å²) in [7, 11) is 0. The summed E-state index contributed by atoms with van der Waals surface area (Å²) < 4.78 is 5.35.